The Morgan fingerprint density at radius 2 is 1.94 bits per heavy atom. The van der Waals surface area contributed by atoms with Gasteiger partial charge in [-0.15, -0.1) is 0 Å². The van der Waals surface area contributed by atoms with E-state index in [2.05, 4.69) is 58.8 Å². The average molecular weight is 300 g/mol. The van der Waals surface area contributed by atoms with Gasteiger partial charge in [0.1, 0.15) is 0 Å². The molecular formula is C13H22BrN3. The minimum Gasteiger partial charge on any atom is -0.383 e. The van der Waals surface area contributed by atoms with Crippen molar-refractivity contribution in [1.82, 2.24) is 9.88 Å². The van der Waals surface area contributed by atoms with Crippen LogP contribution in [0, 0.1) is 0 Å². The van der Waals surface area contributed by atoms with Crippen molar-refractivity contribution in [3.63, 3.8) is 0 Å². The highest BCUT2D eigenvalue weighted by molar-refractivity contribution is 9.10. The van der Waals surface area contributed by atoms with E-state index in [1.54, 1.807) is 6.20 Å². The van der Waals surface area contributed by atoms with Crippen LogP contribution in [-0.4, -0.2) is 35.1 Å². The summed E-state index contributed by atoms with van der Waals surface area (Å²) in [6.07, 6.45) is 3.61. The number of nitrogens with one attached hydrogen (secondary N) is 1. The van der Waals surface area contributed by atoms with Crippen molar-refractivity contribution >= 4 is 21.6 Å². The molecule has 1 aromatic rings. The van der Waals surface area contributed by atoms with Crippen LogP contribution in [0.25, 0.3) is 0 Å². The van der Waals surface area contributed by atoms with E-state index in [4.69, 9.17) is 0 Å². The van der Waals surface area contributed by atoms with E-state index in [1.165, 1.54) is 0 Å². The number of halogens is 1. The van der Waals surface area contributed by atoms with Gasteiger partial charge in [0.25, 0.3) is 0 Å². The highest BCUT2D eigenvalue weighted by Crippen LogP contribution is 2.19. The van der Waals surface area contributed by atoms with Gasteiger partial charge in [-0.2, -0.15) is 0 Å². The summed E-state index contributed by atoms with van der Waals surface area (Å²) in [6.45, 7) is 10.9. The van der Waals surface area contributed by atoms with Crippen LogP contribution < -0.4 is 5.32 Å². The standard InChI is InChI=1S/C13H22BrN3/c1-10(2)17(11(3)4)8-7-16-13-5-6-15-9-12(13)14/h5-6,9-11H,7-8H2,1-4H3,(H,15,16). The number of rotatable bonds is 6. The van der Waals surface area contributed by atoms with Crippen molar-refractivity contribution < 1.29 is 0 Å². The molecule has 0 amide bonds. The van der Waals surface area contributed by atoms with Crippen LogP contribution in [0.2, 0.25) is 0 Å². The molecule has 0 fully saturated rings. The molecule has 0 aliphatic carbocycles. The minimum atomic E-state index is 0.581. The molecule has 0 saturated heterocycles. The zero-order chi connectivity index (χ0) is 12.8. The van der Waals surface area contributed by atoms with Crippen molar-refractivity contribution in [2.45, 2.75) is 39.8 Å². The fourth-order valence-electron chi connectivity index (χ4n) is 1.95. The summed E-state index contributed by atoms with van der Waals surface area (Å²) in [6, 6.07) is 3.15. The number of hydrogen-bond donors (Lipinski definition) is 1. The average Bonchev–Trinajstić information content (AvgIpc) is 2.25. The Balaban J connectivity index is 2.44. The Bertz CT molecular complexity index is 331. The Morgan fingerprint density at radius 3 is 2.47 bits per heavy atom. The summed E-state index contributed by atoms with van der Waals surface area (Å²) >= 11 is 3.48. The van der Waals surface area contributed by atoms with Gasteiger partial charge in [0.2, 0.25) is 0 Å². The van der Waals surface area contributed by atoms with Crippen LogP contribution in [0.3, 0.4) is 0 Å². The van der Waals surface area contributed by atoms with E-state index in [1.807, 2.05) is 12.3 Å². The molecule has 0 bridgehead atoms. The van der Waals surface area contributed by atoms with Crippen LogP contribution >= 0.6 is 15.9 Å². The molecule has 0 aromatic carbocycles. The van der Waals surface area contributed by atoms with Gasteiger partial charge in [-0.25, -0.2) is 0 Å². The maximum absolute atomic E-state index is 4.05. The van der Waals surface area contributed by atoms with Crippen LogP contribution in [0.15, 0.2) is 22.9 Å². The molecule has 4 heteroatoms. The Kier molecular flexibility index (Phi) is 5.92. The van der Waals surface area contributed by atoms with Gasteiger partial charge in [0.05, 0.1) is 10.2 Å². The first kappa shape index (κ1) is 14.5. The molecule has 0 unspecified atom stereocenters. The van der Waals surface area contributed by atoms with Gasteiger partial charge in [-0.3, -0.25) is 9.88 Å². The lowest BCUT2D eigenvalue weighted by Gasteiger charge is -2.30. The molecule has 1 heterocycles. The predicted octanol–water partition coefficient (Wildman–Crippen LogP) is 3.37. The molecular weight excluding hydrogens is 278 g/mol. The molecule has 0 saturated carbocycles. The summed E-state index contributed by atoms with van der Waals surface area (Å²) in [5, 5.41) is 3.42. The fraction of sp³-hybridized carbons (Fsp3) is 0.615. The highest BCUT2D eigenvalue weighted by Gasteiger charge is 2.12. The zero-order valence-electron chi connectivity index (χ0n) is 11.1. The van der Waals surface area contributed by atoms with Gasteiger partial charge in [0, 0.05) is 37.6 Å². The molecule has 0 aliphatic rings. The fourth-order valence-corrected chi connectivity index (χ4v) is 2.34. The maximum atomic E-state index is 4.05. The second-order valence-electron chi connectivity index (χ2n) is 4.71. The van der Waals surface area contributed by atoms with Crippen molar-refractivity contribution in [2.75, 3.05) is 18.4 Å². The quantitative estimate of drug-likeness (QED) is 0.873. The van der Waals surface area contributed by atoms with Crippen LogP contribution in [0.4, 0.5) is 5.69 Å². The Morgan fingerprint density at radius 1 is 1.29 bits per heavy atom. The zero-order valence-corrected chi connectivity index (χ0v) is 12.7. The summed E-state index contributed by atoms with van der Waals surface area (Å²) < 4.78 is 1.01. The highest BCUT2D eigenvalue weighted by atomic mass is 79.9. The Hall–Kier alpha value is -0.610. The number of pyridine rings is 1. The first-order valence-corrected chi connectivity index (χ1v) is 6.90. The van der Waals surface area contributed by atoms with Gasteiger partial charge in [-0.1, -0.05) is 0 Å². The summed E-state index contributed by atoms with van der Waals surface area (Å²) in [4.78, 5) is 6.52. The van der Waals surface area contributed by atoms with E-state index in [9.17, 15) is 0 Å². The molecule has 0 atom stereocenters. The SMILES string of the molecule is CC(C)N(CCNc1ccncc1Br)C(C)C. The maximum Gasteiger partial charge on any atom is 0.0590 e. The lowest BCUT2D eigenvalue weighted by atomic mass is 10.2. The normalized spacial score (nSPS) is 11.5. The molecule has 1 rings (SSSR count). The van der Waals surface area contributed by atoms with Crippen LogP contribution in [0.5, 0.6) is 0 Å². The number of aromatic nitrogens is 1. The van der Waals surface area contributed by atoms with E-state index >= 15 is 0 Å². The first-order chi connectivity index (χ1) is 8.02. The summed E-state index contributed by atoms with van der Waals surface area (Å²) in [7, 11) is 0. The van der Waals surface area contributed by atoms with E-state index in [0.29, 0.717) is 12.1 Å². The minimum absolute atomic E-state index is 0.581. The first-order valence-electron chi connectivity index (χ1n) is 6.11. The number of nitrogens with zero attached hydrogens (tertiary/aromatic N) is 2. The molecule has 0 spiro atoms. The van der Waals surface area contributed by atoms with Gasteiger partial charge >= 0.3 is 0 Å². The van der Waals surface area contributed by atoms with Gasteiger partial charge in [0.15, 0.2) is 0 Å². The lowest BCUT2D eigenvalue weighted by Crippen LogP contribution is -2.40. The van der Waals surface area contributed by atoms with Crippen molar-refractivity contribution in [3.05, 3.63) is 22.9 Å². The monoisotopic (exact) mass is 299 g/mol. The van der Waals surface area contributed by atoms with Gasteiger partial charge in [-0.05, 0) is 49.7 Å². The molecule has 0 radical (unpaired) electrons. The lowest BCUT2D eigenvalue weighted by molar-refractivity contribution is 0.182. The summed E-state index contributed by atoms with van der Waals surface area (Å²) in [5.41, 5.74) is 1.10. The smallest absolute Gasteiger partial charge is 0.0590 e. The third kappa shape index (κ3) is 4.64. The van der Waals surface area contributed by atoms with E-state index < -0.39 is 0 Å². The molecule has 3 nitrogen and oxygen atoms in total. The van der Waals surface area contributed by atoms with Crippen LogP contribution in [-0.2, 0) is 0 Å². The van der Waals surface area contributed by atoms with Crippen molar-refractivity contribution in [2.24, 2.45) is 0 Å². The van der Waals surface area contributed by atoms with Crippen molar-refractivity contribution in [1.29, 1.82) is 0 Å². The predicted molar refractivity (Wildman–Crippen MR) is 77.4 cm³/mol. The largest absolute Gasteiger partial charge is 0.383 e. The van der Waals surface area contributed by atoms with Gasteiger partial charge < -0.3 is 5.32 Å². The molecule has 1 N–H and O–H groups in total. The second-order valence-corrected chi connectivity index (χ2v) is 5.56. The molecule has 1 aromatic heterocycles. The topological polar surface area (TPSA) is 28.2 Å². The van der Waals surface area contributed by atoms with Crippen LogP contribution in [0.1, 0.15) is 27.7 Å². The van der Waals surface area contributed by atoms with E-state index in [0.717, 1.165) is 23.2 Å². The Labute approximate surface area is 113 Å². The third-order valence-electron chi connectivity index (χ3n) is 2.78. The number of hydrogen-bond acceptors (Lipinski definition) is 3. The molecule has 17 heavy (non-hydrogen) atoms. The van der Waals surface area contributed by atoms with Crippen molar-refractivity contribution in [3.8, 4) is 0 Å². The molecule has 0 aliphatic heterocycles. The molecule has 96 valence electrons. The summed E-state index contributed by atoms with van der Waals surface area (Å²) in [5.74, 6) is 0. The van der Waals surface area contributed by atoms with E-state index in [-0.39, 0.29) is 0 Å². The second kappa shape index (κ2) is 6.97. The third-order valence-corrected chi connectivity index (χ3v) is 3.42. The number of anilines is 1.